The molecule has 0 saturated heterocycles. The van der Waals surface area contributed by atoms with Gasteiger partial charge in [-0.15, -0.1) is 0 Å². The molecule has 0 N–H and O–H groups in total. The summed E-state index contributed by atoms with van der Waals surface area (Å²) in [6.45, 7) is 10.0. The summed E-state index contributed by atoms with van der Waals surface area (Å²) in [4.78, 5) is 0. The summed E-state index contributed by atoms with van der Waals surface area (Å²) in [7, 11) is 0. The molecular formula is C10H16Ti. The minimum atomic E-state index is 0. The summed E-state index contributed by atoms with van der Waals surface area (Å²) < 4.78 is 0. The average Bonchev–Trinajstić information content (AvgIpc) is 2.07. The van der Waals surface area contributed by atoms with E-state index in [1.54, 1.807) is 0 Å². The largest absolute Gasteiger partial charge is 2.00 e. The first kappa shape index (κ1) is 13.6. The molecule has 0 saturated carbocycles. The van der Waals surface area contributed by atoms with E-state index in [4.69, 9.17) is 0 Å². The van der Waals surface area contributed by atoms with Gasteiger partial charge in [0.1, 0.15) is 0 Å². The zero-order valence-electron chi connectivity index (χ0n) is 7.59. The number of hydrogen-bond donors (Lipinski definition) is 0. The number of hydrogen-bond acceptors (Lipinski definition) is 0. The van der Waals surface area contributed by atoms with Crippen molar-refractivity contribution in [2.24, 2.45) is 5.41 Å². The molecule has 0 bridgehead atoms. The van der Waals surface area contributed by atoms with Crippen LogP contribution in [0.5, 0.6) is 0 Å². The van der Waals surface area contributed by atoms with E-state index >= 15 is 0 Å². The Morgan fingerprint density at radius 3 is 1.45 bits per heavy atom. The van der Waals surface area contributed by atoms with E-state index < -0.39 is 0 Å². The maximum atomic E-state index is 3.77. The fourth-order valence-electron chi connectivity index (χ4n) is 0.321. The first-order valence-corrected chi connectivity index (χ1v) is 3.52. The smallest absolute Gasteiger partial charge is 0.338 e. The van der Waals surface area contributed by atoms with Crippen molar-refractivity contribution in [2.75, 3.05) is 0 Å². The van der Waals surface area contributed by atoms with Crippen LogP contribution in [0, 0.1) is 12.3 Å². The zero-order chi connectivity index (χ0) is 8.04. The van der Waals surface area contributed by atoms with Gasteiger partial charge < -0.3 is 6.92 Å². The van der Waals surface area contributed by atoms with Crippen LogP contribution in [-0.2, 0) is 21.7 Å². The van der Waals surface area contributed by atoms with Crippen molar-refractivity contribution < 1.29 is 21.7 Å². The van der Waals surface area contributed by atoms with Crippen LogP contribution >= 0.6 is 0 Å². The molecule has 0 radical (unpaired) electrons. The van der Waals surface area contributed by atoms with Crippen LogP contribution in [0.4, 0.5) is 0 Å². The molecule has 0 amide bonds. The summed E-state index contributed by atoms with van der Waals surface area (Å²) in [6, 6.07) is 10.0. The normalized spacial score (nSPS) is 9.09. The zero-order valence-corrected chi connectivity index (χ0v) is 9.16. The Labute approximate surface area is 85.3 Å². The standard InChI is InChI=1S/C5H5.C5H11.Ti/c1-2-4-5-3-1;1-5(2,3)4;/h1-5H;1H2,2-4H3;/q2*-1;+2. The minimum absolute atomic E-state index is 0. The van der Waals surface area contributed by atoms with Crippen LogP contribution in [0.15, 0.2) is 30.3 Å². The molecule has 0 aliphatic heterocycles. The summed E-state index contributed by atoms with van der Waals surface area (Å²) in [5, 5.41) is 0. The van der Waals surface area contributed by atoms with Gasteiger partial charge in [0, 0.05) is 0 Å². The first-order chi connectivity index (χ1) is 4.50. The van der Waals surface area contributed by atoms with E-state index in [9.17, 15) is 0 Å². The topological polar surface area (TPSA) is 0 Å². The predicted molar refractivity (Wildman–Crippen MR) is 46.8 cm³/mol. The molecule has 0 nitrogen and oxygen atoms in total. The average molecular weight is 184 g/mol. The summed E-state index contributed by atoms with van der Waals surface area (Å²) in [5.41, 5.74) is 0.250. The van der Waals surface area contributed by atoms with Gasteiger partial charge in [0.2, 0.25) is 0 Å². The van der Waals surface area contributed by atoms with Crippen molar-refractivity contribution in [3.63, 3.8) is 0 Å². The molecule has 0 fully saturated rings. The van der Waals surface area contributed by atoms with Crippen molar-refractivity contribution in [3.8, 4) is 0 Å². The van der Waals surface area contributed by atoms with Gasteiger partial charge in [-0.05, 0) is 0 Å². The second-order valence-electron chi connectivity index (χ2n) is 3.52. The Morgan fingerprint density at radius 2 is 1.36 bits per heavy atom. The van der Waals surface area contributed by atoms with Crippen molar-refractivity contribution >= 4 is 0 Å². The second-order valence-corrected chi connectivity index (χ2v) is 3.52. The van der Waals surface area contributed by atoms with E-state index in [0.29, 0.717) is 0 Å². The van der Waals surface area contributed by atoms with Crippen molar-refractivity contribution in [3.05, 3.63) is 37.3 Å². The minimum Gasteiger partial charge on any atom is -0.338 e. The van der Waals surface area contributed by atoms with Gasteiger partial charge in [0.15, 0.2) is 0 Å². The van der Waals surface area contributed by atoms with E-state index in [1.807, 2.05) is 30.3 Å². The number of rotatable bonds is 0. The van der Waals surface area contributed by atoms with Crippen LogP contribution in [-0.4, -0.2) is 0 Å². The van der Waals surface area contributed by atoms with Gasteiger partial charge in [-0.2, -0.15) is 23.6 Å². The Kier molecular flexibility index (Phi) is 8.38. The molecule has 60 valence electrons. The molecular weight excluding hydrogens is 168 g/mol. The molecule has 0 unspecified atom stereocenters. The van der Waals surface area contributed by atoms with Crippen LogP contribution in [0.3, 0.4) is 0 Å². The molecule has 0 heterocycles. The van der Waals surface area contributed by atoms with E-state index in [1.165, 1.54) is 0 Å². The maximum absolute atomic E-state index is 3.77. The van der Waals surface area contributed by atoms with Gasteiger partial charge in [-0.1, -0.05) is 20.8 Å². The monoisotopic (exact) mass is 184 g/mol. The third-order valence-corrected chi connectivity index (χ3v) is 0.556. The quantitative estimate of drug-likeness (QED) is 0.428. The van der Waals surface area contributed by atoms with E-state index in [-0.39, 0.29) is 27.1 Å². The Hall–Kier alpha value is 0.0643. The van der Waals surface area contributed by atoms with E-state index in [0.717, 1.165) is 0 Å². The molecule has 1 aromatic rings. The summed E-state index contributed by atoms with van der Waals surface area (Å²) in [6.07, 6.45) is 0. The van der Waals surface area contributed by atoms with Crippen molar-refractivity contribution in [1.29, 1.82) is 0 Å². The van der Waals surface area contributed by atoms with Gasteiger partial charge in [0.05, 0.1) is 0 Å². The van der Waals surface area contributed by atoms with Gasteiger partial charge in [0.25, 0.3) is 0 Å². The molecule has 11 heavy (non-hydrogen) atoms. The molecule has 1 rings (SSSR count). The summed E-state index contributed by atoms with van der Waals surface area (Å²) in [5.74, 6) is 0. The van der Waals surface area contributed by atoms with Crippen molar-refractivity contribution in [2.45, 2.75) is 20.8 Å². The van der Waals surface area contributed by atoms with Crippen LogP contribution < -0.4 is 0 Å². The Balaban J connectivity index is 0. The van der Waals surface area contributed by atoms with Gasteiger partial charge >= 0.3 is 21.7 Å². The van der Waals surface area contributed by atoms with Crippen LogP contribution in [0.2, 0.25) is 0 Å². The molecule has 0 aromatic heterocycles. The molecule has 0 spiro atoms. The molecule has 0 aliphatic rings. The molecule has 1 heteroatoms. The predicted octanol–water partition coefficient (Wildman–Crippen LogP) is 3.27. The molecule has 0 aliphatic carbocycles. The van der Waals surface area contributed by atoms with Crippen molar-refractivity contribution in [1.82, 2.24) is 0 Å². The fourth-order valence-corrected chi connectivity index (χ4v) is 0.321. The second kappa shape index (κ2) is 6.75. The van der Waals surface area contributed by atoms with Gasteiger partial charge in [-0.3, -0.25) is 0 Å². The Morgan fingerprint density at radius 1 is 1.09 bits per heavy atom. The first-order valence-electron chi connectivity index (χ1n) is 3.52. The molecule has 1 aromatic carbocycles. The van der Waals surface area contributed by atoms with Crippen LogP contribution in [0.25, 0.3) is 0 Å². The fraction of sp³-hybridized carbons (Fsp3) is 0.400. The maximum Gasteiger partial charge on any atom is 2.00 e. The summed E-state index contributed by atoms with van der Waals surface area (Å²) >= 11 is 0. The molecule has 0 atom stereocenters. The Bertz CT molecular complexity index is 111. The van der Waals surface area contributed by atoms with Gasteiger partial charge in [-0.25, -0.2) is 12.1 Å². The van der Waals surface area contributed by atoms with Crippen LogP contribution in [0.1, 0.15) is 20.8 Å². The third kappa shape index (κ3) is 25.5. The van der Waals surface area contributed by atoms with E-state index in [2.05, 4.69) is 27.7 Å². The SMILES string of the molecule is [CH2-]C(C)(C)C.[Ti+2].c1cc[cH-]c1. The third-order valence-electron chi connectivity index (χ3n) is 0.556.